The summed E-state index contributed by atoms with van der Waals surface area (Å²) in [5.74, 6) is 0.669. The molecule has 0 aliphatic heterocycles. The van der Waals surface area contributed by atoms with Crippen molar-refractivity contribution in [2.75, 3.05) is 0 Å². The average Bonchev–Trinajstić information content (AvgIpc) is 2.87. The third-order valence-electron chi connectivity index (χ3n) is 2.23. The lowest BCUT2D eigenvalue weighted by atomic mass is 10.0. The monoisotopic (exact) mass is 177 g/mol. The molecule has 0 nitrogen and oxygen atoms in total. The molecule has 2 rings (SSSR count). The van der Waals surface area contributed by atoms with Crippen molar-refractivity contribution in [1.29, 1.82) is 0 Å². The molecule has 0 spiro atoms. The second kappa shape index (κ2) is 2.95. The van der Waals surface area contributed by atoms with Crippen LogP contribution in [0.4, 0.5) is 0 Å². The molecule has 0 N–H and O–H groups in total. The van der Waals surface area contributed by atoms with E-state index in [-0.39, 0.29) is 0 Å². The van der Waals surface area contributed by atoms with E-state index in [2.05, 4.69) is 12.7 Å². The first-order valence-electron chi connectivity index (χ1n) is 4.14. The van der Waals surface area contributed by atoms with Gasteiger partial charge in [0.1, 0.15) is 0 Å². The summed E-state index contributed by atoms with van der Waals surface area (Å²) in [6.07, 6.45) is 5.45. The fraction of sp³-hybridized carbons (Fsp3) is 0.273. The van der Waals surface area contributed by atoms with Gasteiger partial charge in [-0.05, 0) is 42.0 Å². The van der Waals surface area contributed by atoms with Gasteiger partial charge in [-0.2, -0.15) is 0 Å². The molecule has 1 fully saturated rings. The van der Waals surface area contributed by atoms with Gasteiger partial charge in [0.2, 0.25) is 0 Å². The minimum atomic E-state index is 0.669. The minimum absolute atomic E-state index is 0.669. The Kier molecular flexibility index (Phi) is 1.93. The molecule has 1 aromatic carbocycles. The first-order valence-corrected chi connectivity index (χ1v) is 4.52. The maximum Gasteiger partial charge on any atom is 0.0447 e. The van der Waals surface area contributed by atoms with Crippen LogP contribution in [-0.2, 0) is 0 Å². The normalized spacial score (nSPS) is 16.1. The fourth-order valence-electron chi connectivity index (χ4n) is 1.48. The van der Waals surface area contributed by atoms with E-state index < -0.39 is 0 Å². The third kappa shape index (κ3) is 1.27. The van der Waals surface area contributed by atoms with Crippen LogP contribution in [0.3, 0.4) is 0 Å². The standard InChI is InChI=1S/C11H10Cl/c1-2-8-4-3-5-10(12)11(8)9-6-7-9/h3-5,9H,1,6-7H2. The lowest BCUT2D eigenvalue weighted by Gasteiger charge is -2.05. The molecular formula is C11H10Cl. The highest BCUT2D eigenvalue weighted by atomic mass is 35.5. The van der Waals surface area contributed by atoms with Crippen LogP contribution in [0.25, 0.3) is 0 Å². The van der Waals surface area contributed by atoms with Crippen LogP contribution in [0, 0.1) is 6.08 Å². The Labute approximate surface area is 77.9 Å². The van der Waals surface area contributed by atoms with Crippen LogP contribution in [0.5, 0.6) is 0 Å². The fourth-order valence-corrected chi connectivity index (χ4v) is 1.81. The summed E-state index contributed by atoms with van der Waals surface area (Å²) in [6.45, 7) is 3.66. The highest BCUT2D eigenvalue weighted by Crippen LogP contribution is 2.44. The predicted octanol–water partition coefficient (Wildman–Crippen LogP) is 3.55. The van der Waals surface area contributed by atoms with Crippen molar-refractivity contribution >= 4 is 11.6 Å². The molecule has 0 heterocycles. The first kappa shape index (κ1) is 7.88. The molecular weight excluding hydrogens is 168 g/mol. The van der Waals surface area contributed by atoms with Crippen molar-refractivity contribution in [3.8, 4) is 0 Å². The van der Waals surface area contributed by atoms with Crippen LogP contribution < -0.4 is 0 Å². The molecule has 0 saturated heterocycles. The average molecular weight is 178 g/mol. The highest BCUT2D eigenvalue weighted by Gasteiger charge is 2.27. The number of benzene rings is 1. The summed E-state index contributed by atoms with van der Waals surface area (Å²) in [6, 6.07) is 5.91. The van der Waals surface area contributed by atoms with Gasteiger partial charge in [-0.15, -0.1) is 0 Å². The van der Waals surface area contributed by atoms with Crippen molar-refractivity contribution in [2.45, 2.75) is 18.8 Å². The smallest absolute Gasteiger partial charge is 0.0447 e. The zero-order chi connectivity index (χ0) is 8.55. The molecule has 12 heavy (non-hydrogen) atoms. The summed E-state index contributed by atoms with van der Waals surface area (Å²) >= 11 is 6.08. The maximum atomic E-state index is 6.08. The molecule has 0 bridgehead atoms. The summed E-state index contributed by atoms with van der Waals surface area (Å²) < 4.78 is 0. The van der Waals surface area contributed by atoms with Gasteiger partial charge in [0, 0.05) is 5.02 Å². The van der Waals surface area contributed by atoms with E-state index in [9.17, 15) is 0 Å². The van der Waals surface area contributed by atoms with Crippen molar-refractivity contribution in [3.63, 3.8) is 0 Å². The Morgan fingerprint density at radius 2 is 2.17 bits per heavy atom. The second-order valence-electron chi connectivity index (χ2n) is 3.15. The SMILES string of the molecule is C=[C]c1cccc(Cl)c1C1CC1. The van der Waals surface area contributed by atoms with E-state index in [0.29, 0.717) is 5.92 Å². The van der Waals surface area contributed by atoms with Crippen molar-refractivity contribution in [2.24, 2.45) is 0 Å². The molecule has 1 radical (unpaired) electrons. The summed E-state index contributed by atoms with van der Waals surface area (Å²) in [5, 5.41) is 0.867. The molecule has 1 aliphatic carbocycles. The van der Waals surface area contributed by atoms with Crippen molar-refractivity contribution < 1.29 is 0 Å². The maximum absolute atomic E-state index is 6.08. The Morgan fingerprint density at radius 1 is 1.42 bits per heavy atom. The topological polar surface area (TPSA) is 0 Å². The first-order chi connectivity index (χ1) is 5.83. The molecule has 61 valence electrons. The van der Waals surface area contributed by atoms with E-state index in [1.807, 2.05) is 18.2 Å². The van der Waals surface area contributed by atoms with E-state index in [0.717, 1.165) is 10.6 Å². The Balaban J connectivity index is 2.52. The number of halogens is 1. The molecule has 0 atom stereocenters. The Morgan fingerprint density at radius 3 is 2.75 bits per heavy atom. The van der Waals surface area contributed by atoms with E-state index in [1.165, 1.54) is 18.4 Å². The highest BCUT2D eigenvalue weighted by molar-refractivity contribution is 6.31. The van der Waals surface area contributed by atoms with E-state index in [4.69, 9.17) is 11.6 Å². The summed E-state index contributed by atoms with van der Waals surface area (Å²) in [5.41, 5.74) is 2.32. The number of hydrogen-bond donors (Lipinski definition) is 0. The van der Waals surface area contributed by atoms with Gasteiger partial charge in [0.15, 0.2) is 0 Å². The zero-order valence-corrected chi connectivity index (χ0v) is 7.56. The molecule has 1 aromatic rings. The van der Waals surface area contributed by atoms with Crippen LogP contribution in [0.15, 0.2) is 24.8 Å². The lowest BCUT2D eigenvalue weighted by molar-refractivity contribution is 1.11. The molecule has 1 saturated carbocycles. The Hall–Kier alpha value is -0.750. The van der Waals surface area contributed by atoms with Crippen LogP contribution in [-0.4, -0.2) is 0 Å². The van der Waals surface area contributed by atoms with E-state index in [1.54, 1.807) is 0 Å². The quantitative estimate of drug-likeness (QED) is 0.648. The van der Waals surface area contributed by atoms with E-state index >= 15 is 0 Å². The lowest BCUT2D eigenvalue weighted by Crippen LogP contribution is -1.87. The van der Waals surface area contributed by atoms with Crippen molar-refractivity contribution in [3.05, 3.63) is 47.0 Å². The summed E-state index contributed by atoms with van der Waals surface area (Å²) in [7, 11) is 0. The predicted molar refractivity (Wildman–Crippen MR) is 51.4 cm³/mol. The number of hydrogen-bond acceptors (Lipinski definition) is 0. The summed E-state index contributed by atoms with van der Waals surface area (Å²) in [4.78, 5) is 0. The van der Waals surface area contributed by atoms with Crippen LogP contribution in [0.2, 0.25) is 5.02 Å². The number of rotatable bonds is 2. The molecule has 0 amide bonds. The van der Waals surface area contributed by atoms with Gasteiger partial charge in [0.05, 0.1) is 0 Å². The van der Waals surface area contributed by atoms with Gasteiger partial charge >= 0.3 is 0 Å². The Bertz CT molecular complexity index is 311. The molecule has 0 unspecified atom stereocenters. The third-order valence-corrected chi connectivity index (χ3v) is 2.56. The molecule has 1 heteroatoms. The van der Waals surface area contributed by atoms with Gasteiger partial charge in [-0.1, -0.05) is 30.3 Å². The largest absolute Gasteiger partial charge is 0.0905 e. The molecule has 0 aromatic heterocycles. The van der Waals surface area contributed by atoms with Crippen LogP contribution in [0.1, 0.15) is 29.9 Å². The zero-order valence-electron chi connectivity index (χ0n) is 6.81. The molecule has 1 aliphatic rings. The van der Waals surface area contributed by atoms with Crippen LogP contribution >= 0.6 is 11.6 Å². The van der Waals surface area contributed by atoms with Crippen molar-refractivity contribution in [1.82, 2.24) is 0 Å². The van der Waals surface area contributed by atoms with Gasteiger partial charge in [-0.3, -0.25) is 0 Å². The minimum Gasteiger partial charge on any atom is -0.0905 e. The second-order valence-corrected chi connectivity index (χ2v) is 3.56. The van der Waals surface area contributed by atoms with Gasteiger partial charge in [-0.25, -0.2) is 0 Å². The van der Waals surface area contributed by atoms with Gasteiger partial charge in [0.25, 0.3) is 0 Å². The van der Waals surface area contributed by atoms with Gasteiger partial charge < -0.3 is 0 Å².